The zero-order valence-corrected chi connectivity index (χ0v) is 9.18. The van der Waals surface area contributed by atoms with Crippen LogP contribution in [-0.4, -0.2) is 0 Å². The van der Waals surface area contributed by atoms with Crippen LogP contribution >= 0.6 is 11.6 Å². The van der Waals surface area contributed by atoms with E-state index in [1.165, 1.54) is 16.3 Å². The number of rotatable bonds is 1. The number of halogens is 1. The average Bonchev–Trinajstić information content (AvgIpc) is 2.16. The molecular weight excluding hydrogens is 192 g/mol. The normalized spacial score (nSPS) is 11.1. The van der Waals surface area contributed by atoms with Crippen molar-refractivity contribution in [2.24, 2.45) is 0 Å². The summed E-state index contributed by atoms with van der Waals surface area (Å²) in [5, 5.41) is 3.35. The molecule has 0 fully saturated rings. The molecule has 0 aromatic heterocycles. The first-order chi connectivity index (χ1) is 6.68. The van der Waals surface area contributed by atoms with Crippen LogP contribution in [0.5, 0.6) is 0 Å². The van der Waals surface area contributed by atoms with Crippen molar-refractivity contribution >= 4 is 22.4 Å². The summed E-state index contributed by atoms with van der Waals surface area (Å²) in [6.45, 7) is 4.41. The molecule has 2 aromatic carbocycles. The summed E-state index contributed by atoms with van der Waals surface area (Å²) in [4.78, 5) is 0. The Hall–Kier alpha value is -1.01. The van der Waals surface area contributed by atoms with E-state index >= 15 is 0 Å². The van der Waals surface area contributed by atoms with Crippen LogP contribution in [0.3, 0.4) is 0 Å². The highest BCUT2D eigenvalue weighted by Crippen LogP contribution is 2.27. The van der Waals surface area contributed by atoms with Crippen LogP contribution in [0, 0.1) is 0 Å². The van der Waals surface area contributed by atoms with E-state index in [0.29, 0.717) is 5.92 Å². The number of benzene rings is 2. The monoisotopic (exact) mass is 204 g/mol. The lowest BCUT2D eigenvalue weighted by molar-refractivity contribution is 0.876. The standard InChI is InChI=1S/C13H13Cl/c1-9(2)12-5-3-4-10-6-7-11(14)8-13(10)12/h3-9H,1-2H3. The van der Waals surface area contributed by atoms with Gasteiger partial charge in [0.2, 0.25) is 0 Å². The lowest BCUT2D eigenvalue weighted by Gasteiger charge is -2.09. The van der Waals surface area contributed by atoms with Gasteiger partial charge in [0.1, 0.15) is 0 Å². The largest absolute Gasteiger partial charge is 0.0843 e. The van der Waals surface area contributed by atoms with E-state index < -0.39 is 0 Å². The van der Waals surface area contributed by atoms with E-state index in [0.717, 1.165) is 5.02 Å². The Bertz CT molecular complexity index is 458. The zero-order chi connectivity index (χ0) is 10.1. The topological polar surface area (TPSA) is 0 Å². The van der Waals surface area contributed by atoms with E-state index in [2.05, 4.69) is 38.1 Å². The molecule has 0 unspecified atom stereocenters. The van der Waals surface area contributed by atoms with Gasteiger partial charge in [-0.05, 0) is 34.4 Å². The molecule has 0 saturated carbocycles. The van der Waals surface area contributed by atoms with Crippen molar-refractivity contribution in [1.29, 1.82) is 0 Å². The van der Waals surface area contributed by atoms with Crippen molar-refractivity contribution in [2.75, 3.05) is 0 Å². The summed E-state index contributed by atoms with van der Waals surface area (Å²) in [7, 11) is 0. The van der Waals surface area contributed by atoms with Crippen LogP contribution in [0.1, 0.15) is 25.3 Å². The Labute approximate surface area is 89.5 Å². The van der Waals surface area contributed by atoms with Crippen molar-refractivity contribution in [3.63, 3.8) is 0 Å². The Morgan fingerprint density at radius 2 is 1.86 bits per heavy atom. The van der Waals surface area contributed by atoms with Gasteiger partial charge in [0, 0.05) is 5.02 Å². The third-order valence-electron chi connectivity index (χ3n) is 2.50. The lowest BCUT2D eigenvalue weighted by Crippen LogP contribution is -1.88. The van der Waals surface area contributed by atoms with Gasteiger partial charge in [0.05, 0.1) is 0 Å². The first kappa shape index (κ1) is 9.54. The highest BCUT2D eigenvalue weighted by Gasteiger charge is 2.04. The van der Waals surface area contributed by atoms with Gasteiger partial charge in [0.15, 0.2) is 0 Å². The van der Waals surface area contributed by atoms with Crippen LogP contribution < -0.4 is 0 Å². The summed E-state index contributed by atoms with van der Waals surface area (Å²) >= 11 is 6.00. The Balaban J connectivity index is 2.77. The highest BCUT2D eigenvalue weighted by molar-refractivity contribution is 6.31. The quantitative estimate of drug-likeness (QED) is 0.636. The van der Waals surface area contributed by atoms with Gasteiger partial charge >= 0.3 is 0 Å². The molecular formula is C13H13Cl. The molecule has 0 spiro atoms. The van der Waals surface area contributed by atoms with E-state index in [1.807, 2.05) is 12.1 Å². The van der Waals surface area contributed by atoms with Crippen LogP contribution in [0.25, 0.3) is 10.8 Å². The van der Waals surface area contributed by atoms with E-state index in [9.17, 15) is 0 Å². The minimum absolute atomic E-state index is 0.539. The molecule has 0 heterocycles. The average molecular weight is 205 g/mol. The van der Waals surface area contributed by atoms with Gasteiger partial charge in [0.25, 0.3) is 0 Å². The second kappa shape index (κ2) is 3.62. The van der Waals surface area contributed by atoms with Gasteiger partial charge in [-0.25, -0.2) is 0 Å². The molecule has 0 N–H and O–H groups in total. The summed E-state index contributed by atoms with van der Waals surface area (Å²) in [6.07, 6.45) is 0. The maximum absolute atomic E-state index is 6.00. The van der Waals surface area contributed by atoms with Gasteiger partial charge in [-0.1, -0.05) is 49.7 Å². The molecule has 72 valence electrons. The Morgan fingerprint density at radius 3 is 2.57 bits per heavy atom. The fourth-order valence-electron chi connectivity index (χ4n) is 1.77. The first-order valence-electron chi connectivity index (χ1n) is 4.86. The van der Waals surface area contributed by atoms with Gasteiger partial charge in [-0.15, -0.1) is 0 Å². The Kier molecular flexibility index (Phi) is 2.47. The smallest absolute Gasteiger partial charge is 0.0412 e. The molecule has 14 heavy (non-hydrogen) atoms. The molecule has 0 radical (unpaired) electrons. The van der Waals surface area contributed by atoms with E-state index in [1.54, 1.807) is 0 Å². The summed E-state index contributed by atoms with van der Waals surface area (Å²) < 4.78 is 0. The summed E-state index contributed by atoms with van der Waals surface area (Å²) in [5.74, 6) is 0.539. The van der Waals surface area contributed by atoms with Gasteiger partial charge in [-0.2, -0.15) is 0 Å². The number of hydrogen-bond acceptors (Lipinski definition) is 0. The van der Waals surface area contributed by atoms with Crippen molar-refractivity contribution in [2.45, 2.75) is 19.8 Å². The van der Waals surface area contributed by atoms with Crippen LogP contribution in [-0.2, 0) is 0 Å². The van der Waals surface area contributed by atoms with Crippen molar-refractivity contribution in [3.8, 4) is 0 Å². The molecule has 1 heteroatoms. The molecule has 0 aliphatic carbocycles. The van der Waals surface area contributed by atoms with Crippen molar-refractivity contribution in [1.82, 2.24) is 0 Å². The predicted octanol–water partition coefficient (Wildman–Crippen LogP) is 4.62. The highest BCUT2D eigenvalue weighted by atomic mass is 35.5. The summed E-state index contributed by atoms with van der Waals surface area (Å²) in [6, 6.07) is 12.5. The predicted molar refractivity (Wildman–Crippen MR) is 63.0 cm³/mol. The van der Waals surface area contributed by atoms with Crippen LogP contribution in [0.15, 0.2) is 36.4 Å². The number of hydrogen-bond donors (Lipinski definition) is 0. The molecule has 0 aliphatic rings. The molecule has 0 aliphatic heterocycles. The second-order valence-electron chi connectivity index (χ2n) is 3.87. The minimum atomic E-state index is 0.539. The van der Waals surface area contributed by atoms with E-state index in [-0.39, 0.29) is 0 Å². The third kappa shape index (κ3) is 1.62. The van der Waals surface area contributed by atoms with E-state index in [4.69, 9.17) is 11.6 Å². The maximum atomic E-state index is 6.00. The third-order valence-corrected chi connectivity index (χ3v) is 2.74. The molecule has 2 aromatic rings. The summed E-state index contributed by atoms with van der Waals surface area (Å²) in [5.41, 5.74) is 1.37. The fourth-order valence-corrected chi connectivity index (χ4v) is 1.94. The van der Waals surface area contributed by atoms with Gasteiger partial charge in [-0.3, -0.25) is 0 Å². The maximum Gasteiger partial charge on any atom is 0.0412 e. The molecule has 2 rings (SSSR count). The second-order valence-corrected chi connectivity index (χ2v) is 4.30. The molecule has 0 nitrogen and oxygen atoms in total. The molecule has 0 amide bonds. The van der Waals surface area contributed by atoms with Crippen LogP contribution in [0.4, 0.5) is 0 Å². The molecule has 0 saturated heterocycles. The van der Waals surface area contributed by atoms with Crippen molar-refractivity contribution in [3.05, 3.63) is 47.0 Å². The fraction of sp³-hybridized carbons (Fsp3) is 0.231. The van der Waals surface area contributed by atoms with Gasteiger partial charge < -0.3 is 0 Å². The molecule has 0 bridgehead atoms. The number of fused-ring (bicyclic) bond motifs is 1. The zero-order valence-electron chi connectivity index (χ0n) is 8.42. The minimum Gasteiger partial charge on any atom is -0.0843 e. The Morgan fingerprint density at radius 1 is 1.07 bits per heavy atom. The molecule has 0 atom stereocenters. The SMILES string of the molecule is CC(C)c1cccc2ccc(Cl)cc12. The van der Waals surface area contributed by atoms with Crippen LogP contribution in [0.2, 0.25) is 5.02 Å². The van der Waals surface area contributed by atoms with Crippen molar-refractivity contribution < 1.29 is 0 Å². The first-order valence-corrected chi connectivity index (χ1v) is 5.24. The lowest BCUT2D eigenvalue weighted by atomic mass is 9.96.